The zero-order valence-electron chi connectivity index (χ0n) is 16.5. The molecule has 9 heteroatoms. The number of nitrogens with zero attached hydrogens (tertiary/aromatic N) is 2. The molecular weight excluding hydrogens is 420 g/mol. The highest BCUT2D eigenvalue weighted by atomic mass is 32.1. The van der Waals surface area contributed by atoms with Gasteiger partial charge in [-0.2, -0.15) is 0 Å². The van der Waals surface area contributed by atoms with E-state index in [2.05, 4.69) is 20.5 Å². The van der Waals surface area contributed by atoms with Gasteiger partial charge in [0, 0.05) is 24.5 Å². The van der Waals surface area contributed by atoms with E-state index in [-0.39, 0.29) is 11.8 Å². The highest BCUT2D eigenvalue weighted by molar-refractivity contribution is 7.22. The SMILES string of the molecule is Cc1nc(-c2cccs2)sc1C(=O)Nc1ccc(NC(=O)CN2CCOCC2)cc1. The number of hydrogen-bond donors (Lipinski definition) is 2. The first-order chi connectivity index (χ1) is 14.6. The average molecular weight is 443 g/mol. The minimum atomic E-state index is -0.183. The van der Waals surface area contributed by atoms with Gasteiger partial charge in [0.15, 0.2) is 0 Å². The molecule has 30 heavy (non-hydrogen) atoms. The van der Waals surface area contributed by atoms with Gasteiger partial charge in [0.1, 0.15) is 9.88 Å². The molecule has 0 aliphatic carbocycles. The van der Waals surface area contributed by atoms with Gasteiger partial charge >= 0.3 is 0 Å². The van der Waals surface area contributed by atoms with E-state index in [1.54, 1.807) is 35.6 Å². The van der Waals surface area contributed by atoms with E-state index in [0.29, 0.717) is 41.7 Å². The van der Waals surface area contributed by atoms with Gasteiger partial charge in [-0.15, -0.1) is 22.7 Å². The van der Waals surface area contributed by atoms with Crippen LogP contribution in [0.25, 0.3) is 9.88 Å². The highest BCUT2D eigenvalue weighted by Crippen LogP contribution is 2.31. The first-order valence-corrected chi connectivity index (χ1v) is 11.3. The van der Waals surface area contributed by atoms with Crippen molar-refractivity contribution in [2.45, 2.75) is 6.92 Å². The van der Waals surface area contributed by atoms with Crippen LogP contribution in [0.5, 0.6) is 0 Å². The van der Waals surface area contributed by atoms with Gasteiger partial charge in [-0.05, 0) is 42.6 Å². The molecule has 1 aromatic carbocycles. The van der Waals surface area contributed by atoms with E-state index in [1.807, 2.05) is 24.4 Å². The average Bonchev–Trinajstić information content (AvgIpc) is 3.40. The van der Waals surface area contributed by atoms with Crippen LogP contribution < -0.4 is 10.6 Å². The number of aryl methyl sites for hydroxylation is 1. The molecule has 0 spiro atoms. The topological polar surface area (TPSA) is 83.6 Å². The summed E-state index contributed by atoms with van der Waals surface area (Å²) < 4.78 is 5.29. The first-order valence-electron chi connectivity index (χ1n) is 9.61. The second-order valence-corrected chi connectivity index (χ2v) is 8.83. The normalized spacial score (nSPS) is 14.4. The second kappa shape index (κ2) is 9.48. The van der Waals surface area contributed by atoms with Crippen LogP contribution >= 0.6 is 22.7 Å². The predicted octanol–water partition coefficient (Wildman–Crippen LogP) is 3.70. The van der Waals surface area contributed by atoms with E-state index in [4.69, 9.17) is 4.74 Å². The van der Waals surface area contributed by atoms with Crippen molar-refractivity contribution >= 4 is 45.9 Å². The number of ether oxygens (including phenoxy) is 1. The summed E-state index contributed by atoms with van der Waals surface area (Å²) >= 11 is 2.99. The molecule has 0 atom stereocenters. The lowest BCUT2D eigenvalue weighted by molar-refractivity contribution is -0.118. The van der Waals surface area contributed by atoms with Crippen LogP contribution in [-0.4, -0.2) is 54.5 Å². The van der Waals surface area contributed by atoms with Gasteiger partial charge < -0.3 is 15.4 Å². The predicted molar refractivity (Wildman–Crippen MR) is 120 cm³/mol. The number of rotatable bonds is 6. The number of hydrogen-bond acceptors (Lipinski definition) is 7. The molecule has 7 nitrogen and oxygen atoms in total. The summed E-state index contributed by atoms with van der Waals surface area (Å²) in [5.41, 5.74) is 2.07. The number of benzene rings is 1. The largest absolute Gasteiger partial charge is 0.379 e. The summed E-state index contributed by atoms with van der Waals surface area (Å²) in [6.07, 6.45) is 0. The maximum absolute atomic E-state index is 12.7. The summed E-state index contributed by atoms with van der Waals surface area (Å²) in [6.45, 7) is 5.05. The molecule has 1 aliphatic heterocycles. The summed E-state index contributed by atoms with van der Waals surface area (Å²) in [6, 6.07) is 11.1. The van der Waals surface area contributed by atoms with Crippen LogP contribution in [0.2, 0.25) is 0 Å². The van der Waals surface area contributed by atoms with E-state index in [1.165, 1.54) is 11.3 Å². The molecule has 2 aromatic heterocycles. The number of carbonyl (C=O) groups excluding carboxylic acids is 2. The van der Waals surface area contributed by atoms with Crippen molar-refractivity contribution in [1.82, 2.24) is 9.88 Å². The van der Waals surface area contributed by atoms with Gasteiger partial charge in [-0.25, -0.2) is 4.98 Å². The molecule has 1 aliphatic rings. The minimum Gasteiger partial charge on any atom is -0.379 e. The Bertz CT molecular complexity index is 1010. The highest BCUT2D eigenvalue weighted by Gasteiger charge is 2.17. The van der Waals surface area contributed by atoms with Crippen molar-refractivity contribution in [3.8, 4) is 9.88 Å². The number of aromatic nitrogens is 1. The molecule has 2 amide bonds. The lowest BCUT2D eigenvalue weighted by atomic mass is 10.2. The van der Waals surface area contributed by atoms with Crippen molar-refractivity contribution in [3.63, 3.8) is 0 Å². The van der Waals surface area contributed by atoms with Crippen molar-refractivity contribution in [2.75, 3.05) is 43.5 Å². The van der Waals surface area contributed by atoms with Crippen molar-refractivity contribution in [1.29, 1.82) is 0 Å². The number of anilines is 2. The zero-order valence-corrected chi connectivity index (χ0v) is 18.1. The second-order valence-electron chi connectivity index (χ2n) is 6.88. The smallest absolute Gasteiger partial charge is 0.267 e. The molecule has 2 N–H and O–H groups in total. The number of nitrogens with one attached hydrogen (secondary N) is 2. The van der Waals surface area contributed by atoms with Crippen LogP contribution in [0.4, 0.5) is 11.4 Å². The fourth-order valence-corrected chi connectivity index (χ4v) is 4.86. The Labute approximate surface area is 182 Å². The fraction of sp³-hybridized carbons (Fsp3) is 0.286. The molecule has 1 saturated heterocycles. The van der Waals surface area contributed by atoms with Crippen LogP contribution in [0, 0.1) is 6.92 Å². The third-order valence-corrected chi connectivity index (χ3v) is 6.83. The molecule has 0 bridgehead atoms. The number of amides is 2. The summed E-state index contributed by atoms with van der Waals surface area (Å²) in [5.74, 6) is -0.244. The molecule has 156 valence electrons. The Hall–Kier alpha value is -2.59. The molecule has 1 fully saturated rings. The maximum atomic E-state index is 12.7. The van der Waals surface area contributed by atoms with Crippen molar-refractivity contribution in [3.05, 3.63) is 52.3 Å². The van der Waals surface area contributed by atoms with Crippen molar-refractivity contribution in [2.24, 2.45) is 0 Å². The molecular formula is C21H22N4O3S2. The Kier molecular flexibility index (Phi) is 6.53. The lowest BCUT2D eigenvalue weighted by Gasteiger charge is -2.25. The molecule has 0 unspecified atom stereocenters. The quantitative estimate of drug-likeness (QED) is 0.608. The van der Waals surface area contributed by atoms with E-state index in [9.17, 15) is 9.59 Å². The Balaban J connectivity index is 1.34. The monoisotopic (exact) mass is 442 g/mol. The zero-order chi connectivity index (χ0) is 20.9. The fourth-order valence-electron chi connectivity index (χ4n) is 3.10. The van der Waals surface area contributed by atoms with E-state index in [0.717, 1.165) is 23.0 Å². The molecule has 3 aromatic rings. The lowest BCUT2D eigenvalue weighted by Crippen LogP contribution is -2.41. The maximum Gasteiger partial charge on any atom is 0.267 e. The van der Waals surface area contributed by atoms with E-state index >= 15 is 0 Å². The van der Waals surface area contributed by atoms with E-state index < -0.39 is 0 Å². The number of thiophene rings is 1. The summed E-state index contributed by atoms with van der Waals surface area (Å²) in [4.78, 5) is 33.1. The van der Waals surface area contributed by atoms with Gasteiger partial charge in [-0.3, -0.25) is 14.5 Å². The van der Waals surface area contributed by atoms with Crippen LogP contribution in [0.1, 0.15) is 15.4 Å². The van der Waals surface area contributed by atoms with Crippen molar-refractivity contribution < 1.29 is 14.3 Å². The third kappa shape index (κ3) is 5.11. The number of thiazole rings is 1. The molecule has 0 saturated carbocycles. The van der Waals surface area contributed by atoms with Crippen LogP contribution in [0.15, 0.2) is 41.8 Å². The van der Waals surface area contributed by atoms with Crippen LogP contribution in [-0.2, 0) is 9.53 Å². The Morgan fingerprint density at radius 2 is 1.80 bits per heavy atom. The van der Waals surface area contributed by atoms with Gasteiger partial charge in [0.05, 0.1) is 30.3 Å². The van der Waals surface area contributed by atoms with Crippen LogP contribution in [0.3, 0.4) is 0 Å². The minimum absolute atomic E-state index is 0.0601. The Morgan fingerprint density at radius 3 is 2.47 bits per heavy atom. The first kappa shape index (κ1) is 20.7. The van der Waals surface area contributed by atoms with Gasteiger partial charge in [-0.1, -0.05) is 6.07 Å². The molecule has 4 rings (SSSR count). The number of carbonyl (C=O) groups is 2. The third-order valence-electron chi connectivity index (χ3n) is 4.63. The summed E-state index contributed by atoms with van der Waals surface area (Å²) in [5, 5.41) is 8.64. The standard InChI is InChI=1S/C21H22N4O3S2/c1-14-19(30-21(22-14)17-3-2-12-29-17)20(27)24-16-6-4-15(5-7-16)23-18(26)13-25-8-10-28-11-9-25/h2-7,12H,8-11,13H2,1H3,(H,23,26)(H,24,27). The Morgan fingerprint density at radius 1 is 1.10 bits per heavy atom. The molecule has 3 heterocycles. The summed E-state index contributed by atoms with van der Waals surface area (Å²) in [7, 11) is 0. The van der Waals surface area contributed by atoms with Gasteiger partial charge in [0.2, 0.25) is 5.91 Å². The number of morpholine rings is 1. The molecule has 0 radical (unpaired) electrons. The van der Waals surface area contributed by atoms with Gasteiger partial charge in [0.25, 0.3) is 5.91 Å².